The Labute approximate surface area is 157 Å². The maximum Gasteiger partial charge on any atom is 0.187 e. The van der Waals surface area contributed by atoms with Gasteiger partial charge in [0.25, 0.3) is 0 Å². The number of ether oxygens (including phenoxy) is 1. The van der Waals surface area contributed by atoms with E-state index in [0.29, 0.717) is 10.9 Å². The van der Waals surface area contributed by atoms with Gasteiger partial charge in [-0.1, -0.05) is 17.8 Å². The Morgan fingerprint density at radius 1 is 1.35 bits per heavy atom. The van der Waals surface area contributed by atoms with Crippen molar-refractivity contribution in [3.05, 3.63) is 53.1 Å². The van der Waals surface area contributed by atoms with Crippen molar-refractivity contribution in [3.8, 4) is 5.75 Å². The van der Waals surface area contributed by atoms with Crippen LogP contribution in [0, 0.1) is 6.92 Å². The number of hydrogen-bond donors (Lipinski definition) is 1. The predicted octanol–water partition coefficient (Wildman–Crippen LogP) is 2.89. The molecule has 1 aliphatic rings. The molecule has 0 radical (unpaired) electrons. The van der Waals surface area contributed by atoms with Crippen LogP contribution in [0.2, 0.25) is 0 Å². The van der Waals surface area contributed by atoms with Crippen LogP contribution >= 0.6 is 11.8 Å². The Morgan fingerprint density at radius 2 is 2.15 bits per heavy atom. The lowest BCUT2D eigenvalue weighted by molar-refractivity contribution is 0.0987. The van der Waals surface area contributed by atoms with E-state index in [4.69, 9.17) is 10.5 Å². The molecule has 1 aromatic carbocycles. The molecule has 1 atom stereocenters. The van der Waals surface area contributed by atoms with Crippen LogP contribution in [-0.4, -0.2) is 33.8 Å². The van der Waals surface area contributed by atoms with Crippen molar-refractivity contribution in [2.45, 2.75) is 32.2 Å². The van der Waals surface area contributed by atoms with Crippen molar-refractivity contribution in [3.63, 3.8) is 0 Å². The Kier molecular flexibility index (Phi) is 5.27. The highest BCUT2D eigenvalue weighted by molar-refractivity contribution is 8.13. The van der Waals surface area contributed by atoms with Crippen molar-refractivity contribution in [1.82, 2.24) is 9.97 Å². The van der Waals surface area contributed by atoms with E-state index in [-0.39, 0.29) is 12.2 Å². The minimum atomic E-state index is -0.455. The highest BCUT2D eigenvalue weighted by Crippen LogP contribution is 2.40. The maximum atomic E-state index is 12.5. The second-order valence-corrected chi connectivity index (χ2v) is 7.62. The lowest BCUT2D eigenvalue weighted by Crippen LogP contribution is -2.29. The molecular formula is C19H22N4O2S. The molecule has 1 aliphatic heterocycles. The largest absolute Gasteiger partial charge is 0.496 e. The van der Waals surface area contributed by atoms with E-state index in [2.05, 4.69) is 21.9 Å². The number of ketones is 1. The molecule has 2 heterocycles. The van der Waals surface area contributed by atoms with Crippen LogP contribution in [0.4, 0.5) is 0 Å². The smallest absolute Gasteiger partial charge is 0.187 e. The summed E-state index contributed by atoms with van der Waals surface area (Å²) in [6.07, 6.45) is 4.23. The summed E-state index contributed by atoms with van der Waals surface area (Å²) >= 11 is 1.56. The third-order valence-corrected chi connectivity index (χ3v) is 5.27. The lowest BCUT2D eigenvalue weighted by atomic mass is 9.87. The number of benzene rings is 1. The summed E-state index contributed by atoms with van der Waals surface area (Å²) in [5.74, 6) is 1.58. The van der Waals surface area contributed by atoms with Crippen molar-refractivity contribution in [1.29, 1.82) is 0 Å². The summed E-state index contributed by atoms with van der Waals surface area (Å²) in [5.41, 5.74) is 8.49. The zero-order valence-electron chi connectivity index (χ0n) is 15.2. The number of rotatable bonds is 5. The van der Waals surface area contributed by atoms with Gasteiger partial charge >= 0.3 is 0 Å². The topological polar surface area (TPSA) is 90.5 Å². The first kappa shape index (κ1) is 18.4. The molecule has 7 heteroatoms. The van der Waals surface area contributed by atoms with Gasteiger partial charge in [0, 0.05) is 23.9 Å². The summed E-state index contributed by atoms with van der Waals surface area (Å²) in [6, 6.07) is 5.78. The van der Waals surface area contributed by atoms with Crippen LogP contribution < -0.4 is 10.5 Å². The van der Waals surface area contributed by atoms with Gasteiger partial charge in [-0.05, 0) is 38.0 Å². The molecule has 3 rings (SSSR count). The molecule has 1 aromatic heterocycles. The van der Waals surface area contributed by atoms with E-state index in [0.717, 1.165) is 34.7 Å². The van der Waals surface area contributed by atoms with E-state index < -0.39 is 5.54 Å². The van der Waals surface area contributed by atoms with E-state index in [9.17, 15) is 4.79 Å². The van der Waals surface area contributed by atoms with Gasteiger partial charge in [-0.15, -0.1) is 0 Å². The highest BCUT2D eigenvalue weighted by Gasteiger charge is 2.32. The van der Waals surface area contributed by atoms with E-state index in [1.165, 1.54) is 6.20 Å². The van der Waals surface area contributed by atoms with Crippen LogP contribution in [0.5, 0.6) is 5.75 Å². The van der Waals surface area contributed by atoms with E-state index in [1.54, 1.807) is 25.1 Å². The fraction of sp³-hybridized carbons (Fsp3) is 0.368. The number of carbonyl (C=O) groups is 1. The standard InChI is InChI=1S/C19H22N4O2S/c1-12-10-22-15(11-21-12)16(24)9-13-4-5-17(25-3)14(8-13)19(2)6-7-26-18(20)23-19/h4-5,8,10-11H,6-7,9H2,1-3H3,(H2,20,23)/t19-/m0/s1. The number of thioether (sulfide) groups is 1. The molecule has 136 valence electrons. The molecular weight excluding hydrogens is 348 g/mol. The summed E-state index contributed by atoms with van der Waals surface area (Å²) in [5, 5.41) is 0.581. The summed E-state index contributed by atoms with van der Waals surface area (Å²) < 4.78 is 5.53. The average Bonchev–Trinajstić information content (AvgIpc) is 2.62. The molecule has 0 bridgehead atoms. The van der Waals surface area contributed by atoms with Gasteiger partial charge in [0.05, 0.1) is 24.5 Å². The number of methoxy groups -OCH3 is 1. The van der Waals surface area contributed by atoms with Crippen LogP contribution in [0.25, 0.3) is 0 Å². The van der Waals surface area contributed by atoms with Crippen molar-refractivity contribution >= 4 is 22.7 Å². The molecule has 0 amide bonds. The van der Waals surface area contributed by atoms with Crippen LogP contribution in [-0.2, 0) is 12.0 Å². The number of carbonyl (C=O) groups excluding carboxylic acids is 1. The number of nitrogens with two attached hydrogens (primary N) is 1. The first-order chi connectivity index (χ1) is 12.4. The van der Waals surface area contributed by atoms with Gasteiger partial charge in [-0.3, -0.25) is 14.8 Å². The SMILES string of the molecule is COc1ccc(CC(=O)c2cnc(C)cn2)cc1[C@]1(C)CCSC(N)=N1. The van der Waals surface area contributed by atoms with Crippen LogP contribution in [0.3, 0.4) is 0 Å². The van der Waals surface area contributed by atoms with E-state index >= 15 is 0 Å². The number of hydrogen-bond acceptors (Lipinski definition) is 7. The van der Waals surface area contributed by atoms with Gasteiger partial charge in [-0.2, -0.15) is 0 Å². The molecule has 0 saturated carbocycles. The minimum Gasteiger partial charge on any atom is -0.496 e. The van der Waals surface area contributed by atoms with Gasteiger partial charge in [0.1, 0.15) is 11.4 Å². The fourth-order valence-corrected chi connectivity index (χ4v) is 3.95. The van der Waals surface area contributed by atoms with Crippen molar-refractivity contribution in [2.24, 2.45) is 10.7 Å². The van der Waals surface area contributed by atoms with Gasteiger partial charge < -0.3 is 10.5 Å². The molecule has 0 unspecified atom stereocenters. The zero-order valence-corrected chi connectivity index (χ0v) is 16.0. The number of aliphatic imine (C=N–C) groups is 1. The Bertz CT molecular complexity index is 851. The van der Waals surface area contributed by atoms with Gasteiger partial charge in [0.2, 0.25) is 0 Å². The first-order valence-electron chi connectivity index (χ1n) is 8.38. The third-order valence-electron chi connectivity index (χ3n) is 4.47. The normalized spacial score (nSPS) is 19.7. The molecule has 26 heavy (non-hydrogen) atoms. The molecule has 0 aliphatic carbocycles. The summed E-state index contributed by atoms with van der Waals surface area (Å²) in [7, 11) is 1.64. The van der Waals surface area contributed by atoms with Crippen molar-refractivity contribution < 1.29 is 9.53 Å². The summed E-state index contributed by atoms with van der Waals surface area (Å²) in [4.78, 5) is 25.5. The second kappa shape index (κ2) is 7.45. The molecule has 6 nitrogen and oxygen atoms in total. The van der Waals surface area contributed by atoms with Gasteiger partial charge in [0.15, 0.2) is 11.0 Å². The number of aryl methyl sites for hydroxylation is 1. The highest BCUT2D eigenvalue weighted by atomic mass is 32.2. The number of aromatic nitrogens is 2. The number of Topliss-reactive ketones (excluding diaryl/α,β-unsaturated/α-hetero) is 1. The van der Waals surface area contributed by atoms with Crippen LogP contribution in [0.1, 0.15) is 40.7 Å². The van der Waals surface area contributed by atoms with Crippen LogP contribution in [0.15, 0.2) is 35.6 Å². The lowest BCUT2D eigenvalue weighted by Gasteiger charge is -2.31. The van der Waals surface area contributed by atoms with Crippen molar-refractivity contribution in [2.75, 3.05) is 12.9 Å². The first-order valence-corrected chi connectivity index (χ1v) is 9.37. The fourth-order valence-electron chi connectivity index (χ4n) is 2.98. The molecule has 0 fully saturated rings. The maximum absolute atomic E-state index is 12.5. The monoisotopic (exact) mass is 370 g/mol. The zero-order chi connectivity index (χ0) is 18.7. The molecule has 2 aromatic rings. The van der Waals surface area contributed by atoms with E-state index in [1.807, 2.05) is 25.1 Å². The Morgan fingerprint density at radius 3 is 2.81 bits per heavy atom. The Balaban J connectivity index is 1.91. The average molecular weight is 370 g/mol. The molecule has 2 N–H and O–H groups in total. The quantitative estimate of drug-likeness (QED) is 0.814. The minimum absolute atomic E-state index is 0.0685. The number of nitrogens with zero attached hydrogens (tertiary/aromatic N) is 3. The number of amidine groups is 1. The second-order valence-electron chi connectivity index (χ2n) is 6.50. The molecule has 0 saturated heterocycles. The predicted molar refractivity (Wildman–Crippen MR) is 104 cm³/mol. The molecule has 0 spiro atoms. The Hall–Kier alpha value is -2.41. The third kappa shape index (κ3) is 3.88. The van der Waals surface area contributed by atoms with Gasteiger partial charge in [-0.25, -0.2) is 4.98 Å². The summed E-state index contributed by atoms with van der Waals surface area (Å²) in [6.45, 7) is 3.89.